The number of hydrogen-bond donors (Lipinski definition) is 2. The minimum Gasteiger partial charge on any atom is -0.391 e. The first-order valence-corrected chi connectivity index (χ1v) is 9.08. The summed E-state index contributed by atoms with van der Waals surface area (Å²) in [6.45, 7) is 3.43. The fourth-order valence-corrected chi connectivity index (χ4v) is 3.36. The second-order valence-electron chi connectivity index (χ2n) is 7.27. The molecule has 5 heteroatoms. The van der Waals surface area contributed by atoms with Crippen LogP contribution in [0, 0.1) is 5.92 Å². The molecule has 2 N–H and O–H groups in total. The van der Waals surface area contributed by atoms with Gasteiger partial charge in [0.25, 0.3) is 0 Å². The summed E-state index contributed by atoms with van der Waals surface area (Å²) in [6, 6.07) is 10.7. The van der Waals surface area contributed by atoms with Crippen LogP contribution >= 0.6 is 0 Å². The van der Waals surface area contributed by atoms with Crippen LogP contribution in [0.5, 0.6) is 0 Å². The molecule has 1 aliphatic carbocycles. The van der Waals surface area contributed by atoms with Gasteiger partial charge in [-0.05, 0) is 37.2 Å². The van der Waals surface area contributed by atoms with E-state index in [2.05, 4.69) is 34.5 Å². The molecular formula is C19H29N3O2. The summed E-state index contributed by atoms with van der Waals surface area (Å²) < 4.78 is 0. The van der Waals surface area contributed by atoms with Gasteiger partial charge >= 0.3 is 6.03 Å². The summed E-state index contributed by atoms with van der Waals surface area (Å²) in [5, 5.41) is 13.1. The maximum atomic E-state index is 12.3. The van der Waals surface area contributed by atoms with Gasteiger partial charge in [0.2, 0.25) is 0 Å². The molecule has 1 unspecified atom stereocenters. The van der Waals surface area contributed by atoms with E-state index in [4.69, 9.17) is 0 Å². The van der Waals surface area contributed by atoms with E-state index in [1.54, 1.807) is 11.9 Å². The smallest absolute Gasteiger partial charge is 0.317 e. The summed E-state index contributed by atoms with van der Waals surface area (Å²) in [6.07, 6.45) is 3.79. The van der Waals surface area contributed by atoms with E-state index in [-0.39, 0.29) is 18.2 Å². The highest BCUT2D eigenvalue weighted by atomic mass is 16.3. The number of amides is 2. The van der Waals surface area contributed by atoms with Crippen molar-refractivity contribution < 1.29 is 9.90 Å². The number of aliphatic hydroxyl groups is 1. The SMILES string of the molecule is CN(CC(O)C1CC1)C(=O)NC1CCN(Cc2ccccc2)CC1. The molecule has 1 aliphatic heterocycles. The van der Waals surface area contributed by atoms with Crippen LogP contribution in [0.2, 0.25) is 0 Å². The van der Waals surface area contributed by atoms with Crippen molar-refractivity contribution >= 4 is 6.03 Å². The molecule has 1 saturated heterocycles. The van der Waals surface area contributed by atoms with Crippen LogP contribution in [-0.2, 0) is 6.54 Å². The zero-order valence-electron chi connectivity index (χ0n) is 14.5. The molecule has 1 atom stereocenters. The van der Waals surface area contributed by atoms with Crippen LogP contribution in [0.4, 0.5) is 4.79 Å². The number of nitrogens with one attached hydrogen (secondary N) is 1. The van der Waals surface area contributed by atoms with Crippen LogP contribution in [0.3, 0.4) is 0 Å². The third-order valence-electron chi connectivity index (χ3n) is 5.14. The maximum Gasteiger partial charge on any atom is 0.317 e. The third kappa shape index (κ3) is 4.95. The summed E-state index contributed by atoms with van der Waals surface area (Å²) in [7, 11) is 1.77. The van der Waals surface area contributed by atoms with Crippen LogP contribution in [0.25, 0.3) is 0 Å². The maximum absolute atomic E-state index is 12.3. The molecule has 0 bridgehead atoms. The summed E-state index contributed by atoms with van der Waals surface area (Å²) in [5.41, 5.74) is 1.34. The molecule has 1 saturated carbocycles. The van der Waals surface area contributed by atoms with Gasteiger partial charge in [-0.2, -0.15) is 0 Å². The minimum atomic E-state index is -0.367. The molecule has 2 amide bonds. The fraction of sp³-hybridized carbons (Fsp3) is 0.632. The largest absolute Gasteiger partial charge is 0.391 e. The van der Waals surface area contributed by atoms with Crippen molar-refractivity contribution in [3.63, 3.8) is 0 Å². The molecule has 0 spiro atoms. The molecule has 132 valence electrons. The Labute approximate surface area is 144 Å². The minimum absolute atomic E-state index is 0.0591. The zero-order chi connectivity index (χ0) is 16.9. The van der Waals surface area contributed by atoms with E-state index in [0.29, 0.717) is 12.5 Å². The highest BCUT2D eigenvalue weighted by Crippen LogP contribution is 2.32. The number of urea groups is 1. The van der Waals surface area contributed by atoms with Crippen molar-refractivity contribution in [2.75, 3.05) is 26.7 Å². The molecule has 3 rings (SSSR count). The zero-order valence-corrected chi connectivity index (χ0v) is 14.5. The van der Waals surface area contributed by atoms with Crippen molar-refractivity contribution in [2.45, 2.75) is 44.4 Å². The van der Waals surface area contributed by atoms with Crippen LogP contribution in [0.1, 0.15) is 31.2 Å². The number of aliphatic hydroxyl groups excluding tert-OH is 1. The lowest BCUT2D eigenvalue weighted by atomic mass is 10.0. The van der Waals surface area contributed by atoms with Gasteiger partial charge in [0.1, 0.15) is 0 Å². The summed E-state index contributed by atoms with van der Waals surface area (Å²) in [5.74, 6) is 0.404. The number of benzene rings is 1. The van der Waals surface area contributed by atoms with Gasteiger partial charge in [-0.1, -0.05) is 30.3 Å². The Balaban J connectivity index is 1.37. The monoisotopic (exact) mass is 331 g/mol. The van der Waals surface area contributed by atoms with Crippen molar-refractivity contribution in [1.82, 2.24) is 15.1 Å². The van der Waals surface area contributed by atoms with Crippen molar-refractivity contribution in [3.05, 3.63) is 35.9 Å². The second-order valence-corrected chi connectivity index (χ2v) is 7.27. The Morgan fingerprint density at radius 2 is 1.92 bits per heavy atom. The number of likely N-dealkylation sites (tertiary alicyclic amines) is 1. The normalized spacial score (nSPS) is 20.6. The van der Waals surface area contributed by atoms with E-state index < -0.39 is 0 Å². The topological polar surface area (TPSA) is 55.8 Å². The lowest BCUT2D eigenvalue weighted by Crippen LogP contribution is -2.49. The second kappa shape index (κ2) is 7.99. The number of hydrogen-bond acceptors (Lipinski definition) is 3. The van der Waals surface area contributed by atoms with Crippen LogP contribution < -0.4 is 5.32 Å². The molecule has 1 aromatic rings. The van der Waals surface area contributed by atoms with Gasteiger partial charge in [-0.25, -0.2) is 4.79 Å². The Bertz CT molecular complexity index is 525. The number of carbonyl (C=O) groups is 1. The van der Waals surface area contributed by atoms with Crippen molar-refractivity contribution in [1.29, 1.82) is 0 Å². The van der Waals surface area contributed by atoms with Gasteiger partial charge in [0, 0.05) is 39.3 Å². The lowest BCUT2D eigenvalue weighted by Gasteiger charge is -2.33. The predicted octanol–water partition coefficient (Wildman–Crippen LogP) is 2.06. The van der Waals surface area contributed by atoms with Gasteiger partial charge in [0.05, 0.1) is 6.10 Å². The first kappa shape index (κ1) is 17.2. The molecule has 1 heterocycles. The quantitative estimate of drug-likeness (QED) is 0.839. The Hall–Kier alpha value is -1.59. The molecule has 0 aromatic heterocycles. The van der Waals surface area contributed by atoms with E-state index in [9.17, 15) is 9.90 Å². The van der Waals surface area contributed by atoms with E-state index in [1.165, 1.54) is 5.56 Å². The number of carbonyl (C=O) groups excluding carboxylic acids is 1. The van der Waals surface area contributed by atoms with E-state index in [0.717, 1.165) is 45.3 Å². The van der Waals surface area contributed by atoms with Gasteiger partial charge < -0.3 is 15.3 Å². The summed E-state index contributed by atoms with van der Waals surface area (Å²) in [4.78, 5) is 16.3. The van der Waals surface area contributed by atoms with Gasteiger partial charge in [-0.15, -0.1) is 0 Å². The Morgan fingerprint density at radius 3 is 2.54 bits per heavy atom. The van der Waals surface area contributed by atoms with Gasteiger partial charge in [-0.3, -0.25) is 4.90 Å². The average molecular weight is 331 g/mol. The van der Waals surface area contributed by atoms with Crippen LogP contribution in [0.15, 0.2) is 30.3 Å². The highest BCUT2D eigenvalue weighted by molar-refractivity contribution is 5.74. The molecular weight excluding hydrogens is 302 g/mol. The highest BCUT2D eigenvalue weighted by Gasteiger charge is 2.31. The third-order valence-corrected chi connectivity index (χ3v) is 5.14. The number of nitrogens with zero attached hydrogens (tertiary/aromatic N) is 2. The molecule has 5 nitrogen and oxygen atoms in total. The number of likely N-dealkylation sites (N-methyl/N-ethyl adjacent to an activating group) is 1. The molecule has 2 aliphatic rings. The molecule has 24 heavy (non-hydrogen) atoms. The molecule has 2 fully saturated rings. The number of piperidine rings is 1. The Kier molecular flexibility index (Phi) is 5.74. The fourth-order valence-electron chi connectivity index (χ4n) is 3.36. The average Bonchev–Trinajstić information content (AvgIpc) is 3.42. The molecule has 0 radical (unpaired) electrons. The van der Waals surface area contributed by atoms with E-state index >= 15 is 0 Å². The van der Waals surface area contributed by atoms with Crippen LogP contribution in [-0.4, -0.2) is 59.8 Å². The Morgan fingerprint density at radius 1 is 1.25 bits per heavy atom. The molecule has 1 aromatic carbocycles. The lowest BCUT2D eigenvalue weighted by molar-refractivity contribution is 0.110. The van der Waals surface area contributed by atoms with Gasteiger partial charge in [0.15, 0.2) is 0 Å². The first-order chi connectivity index (χ1) is 11.6. The first-order valence-electron chi connectivity index (χ1n) is 9.08. The standard InChI is InChI=1S/C19H29N3O2/c1-21(14-18(23)16-7-8-16)19(24)20-17-9-11-22(12-10-17)13-15-5-3-2-4-6-15/h2-6,16-18,23H,7-14H2,1H3,(H,20,24). The van der Waals surface area contributed by atoms with Crippen molar-refractivity contribution in [2.24, 2.45) is 5.92 Å². The summed E-state index contributed by atoms with van der Waals surface area (Å²) >= 11 is 0. The number of rotatable bonds is 6. The van der Waals surface area contributed by atoms with Crippen molar-refractivity contribution in [3.8, 4) is 0 Å². The van der Waals surface area contributed by atoms with E-state index in [1.807, 2.05) is 6.07 Å². The predicted molar refractivity (Wildman–Crippen MR) is 94.6 cm³/mol.